The number of nitrogens with zero attached hydrogens (tertiary/aromatic N) is 4. The molecule has 104 valence electrons. The van der Waals surface area contributed by atoms with Crippen molar-refractivity contribution in [3.63, 3.8) is 0 Å². The van der Waals surface area contributed by atoms with Crippen LogP contribution in [-0.4, -0.2) is 44.4 Å². The molecular formula is C13H21N5S. The summed E-state index contributed by atoms with van der Waals surface area (Å²) in [6.45, 7) is 4.38. The zero-order valence-electron chi connectivity index (χ0n) is 11.8. The molecule has 0 spiro atoms. The van der Waals surface area contributed by atoms with Gasteiger partial charge in [0, 0.05) is 13.6 Å². The highest BCUT2D eigenvalue weighted by molar-refractivity contribution is 7.71. The minimum absolute atomic E-state index is 0.458. The van der Waals surface area contributed by atoms with Crippen LogP contribution in [-0.2, 0) is 13.5 Å². The number of aromatic amines is 1. The molecule has 1 unspecified atom stereocenters. The summed E-state index contributed by atoms with van der Waals surface area (Å²) in [5.41, 5.74) is 3.36. The maximum absolute atomic E-state index is 5.54. The molecule has 0 radical (unpaired) electrons. The summed E-state index contributed by atoms with van der Waals surface area (Å²) < 4.78 is 5.07. The average Bonchev–Trinajstić information content (AvgIpc) is 2.86. The van der Waals surface area contributed by atoms with Gasteiger partial charge >= 0.3 is 0 Å². The van der Waals surface area contributed by atoms with E-state index in [1.807, 2.05) is 11.7 Å². The number of likely N-dealkylation sites (tertiary alicyclic amines) is 1. The number of fused-ring (bicyclic) bond motifs is 1. The van der Waals surface area contributed by atoms with Crippen molar-refractivity contribution >= 4 is 23.4 Å². The molecule has 0 saturated carbocycles. The Morgan fingerprint density at radius 1 is 1.42 bits per heavy atom. The lowest BCUT2D eigenvalue weighted by atomic mass is 10.1. The van der Waals surface area contributed by atoms with E-state index in [0.29, 0.717) is 6.04 Å². The van der Waals surface area contributed by atoms with Crippen LogP contribution in [0.1, 0.15) is 31.5 Å². The SMILES string of the molecule is CCc1nn(C)c2c1[nH]c(=S)n2C1CCCN(C)C1. The van der Waals surface area contributed by atoms with Crippen molar-refractivity contribution in [2.24, 2.45) is 7.05 Å². The highest BCUT2D eigenvalue weighted by Gasteiger charge is 2.24. The molecule has 3 heterocycles. The third kappa shape index (κ3) is 2.03. The molecule has 1 fully saturated rings. The van der Waals surface area contributed by atoms with Gasteiger partial charge in [-0.1, -0.05) is 6.92 Å². The molecule has 2 aromatic rings. The van der Waals surface area contributed by atoms with Gasteiger partial charge in [0.25, 0.3) is 0 Å². The number of hydrogen-bond donors (Lipinski definition) is 1. The van der Waals surface area contributed by atoms with Crippen LogP contribution in [0.5, 0.6) is 0 Å². The largest absolute Gasteiger partial charge is 0.328 e. The van der Waals surface area contributed by atoms with E-state index in [1.54, 1.807) is 0 Å². The second kappa shape index (κ2) is 4.76. The second-order valence-corrected chi connectivity index (χ2v) is 5.87. The molecule has 0 aliphatic carbocycles. The molecule has 6 heteroatoms. The fourth-order valence-corrected chi connectivity index (χ4v) is 3.51. The number of aromatic nitrogens is 4. The van der Waals surface area contributed by atoms with E-state index in [1.165, 1.54) is 19.4 Å². The molecule has 1 atom stereocenters. The number of imidazole rings is 1. The first-order valence-corrected chi connectivity index (χ1v) is 7.37. The molecular weight excluding hydrogens is 258 g/mol. The Kier molecular flexibility index (Phi) is 3.22. The van der Waals surface area contributed by atoms with Crippen LogP contribution in [0.15, 0.2) is 0 Å². The number of hydrogen-bond acceptors (Lipinski definition) is 3. The van der Waals surface area contributed by atoms with Crippen molar-refractivity contribution in [2.75, 3.05) is 20.1 Å². The Morgan fingerprint density at radius 2 is 2.21 bits per heavy atom. The summed E-state index contributed by atoms with van der Waals surface area (Å²) >= 11 is 5.54. The molecule has 0 bridgehead atoms. The lowest BCUT2D eigenvalue weighted by molar-refractivity contribution is 0.213. The minimum atomic E-state index is 0.458. The van der Waals surface area contributed by atoms with Crippen LogP contribution in [0, 0.1) is 4.77 Å². The number of piperidine rings is 1. The van der Waals surface area contributed by atoms with Crippen LogP contribution >= 0.6 is 12.2 Å². The molecule has 0 amide bonds. The normalized spacial score (nSPS) is 21.3. The Labute approximate surface area is 118 Å². The summed E-state index contributed by atoms with van der Waals surface area (Å²) in [6, 6.07) is 0.458. The van der Waals surface area contributed by atoms with Gasteiger partial charge in [0.1, 0.15) is 5.52 Å². The first kappa shape index (κ1) is 12.9. The zero-order valence-corrected chi connectivity index (χ0v) is 12.6. The van der Waals surface area contributed by atoms with Gasteiger partial charge in [-0.2, -0.15) is 5.10 Å². The molecule has 1 N–H and O–H groups in total. The number of H-pyrrole nitrogens is 1. The van der Waals surface area contributed by atoms with E-state index in [4.69, 9.17) is 12.2 Å². The smallest absolute Gasteiger partial charge is 0.179 e. The molecule has 19 heavy (non-hydrogen) atoms. The molecule has 3 rings (SSSR count). The zero-order chi connectivity index (χ0) is 13.6. The lowest BCUT2D eigenvalue weighted by Crippen LogP contribution is -2.33. The van der Waals surface area contributed by atoms with E-state index in [0.717, 1.165) is 34.6 Å². The summed E-state index contributed by atoms with van der Waals surface area (Å²) in [5, 5.41) is 4.59. The van der Waals surface area contributed by atoms with Crippen molar-refractivity contribution in [2.45, 2.75) is 32.2 Å². The maximum atomic E-state index is 5.54. The number of rotatable bonds is 2. The van der Waals surface area contributed by atoms with Crippen molar-refractivity contribution in [1.29, 1.82) is 0 Å². The lowest BCUT2D eigenvalue weighted by Gasteiger charge is -2.30. The minimum Gasteiger partial charge on any atom is -0.328 e. The van der Waals surface area contributed by atoms with Gasteiger partial charge in [-0.25, -0.2) is 0 Å². The molecule has 1 aliphatic rings. The fraction of sp³-hybridized carbons (Fsp3) is 0.692. The van der Waals surface area contributed by atoms with Crippen LogP contribution in [0.3, 0.4) is 0 Å². The topological polar surface area (TPSA) is 41.8 Å². The summed E-state index contributed by atoms with van der Waals surface area (Å²) in [4.78, 5) is 5.74. The predicted octanol–water partition coefficient (Wildman–Crippen LogP) is 2.26. The monoisotopic (exact) mass is 279 g/mol. The highest BCUT2D eigenvalue weighted by atomic mass is 32.1. The average molecular weight is 279 g/mol. The number of likely N-dealkylation sites (N-methyl/N-ethyl adjacent to an activating group) is 1. The van der Waals surface area contributed by atoms with Crippen LogP contribution in [0.4, 0.5) is 0 Å². The van der Waals surface area contributed by atoms with E-state index >= 15 is 0 Å². The third-order valence-electron chi connectivity index (χ3n) is 4.07. The van der Waals surface area contributed by atoms with Crippen molar-refractivity contribution in [1.82, 2.24) is 24.2 Å². The first-order chi connectivity index (χ1) is 9.11. The molecule has 2 aromatic heterocycles. The summed E-state index contributed by atoms with van der Waals surface area (Å²) in [6.07, 6.45) is 3.35. The van der Waals surface area contributed by atoms with E-state index in [-0.39, 0.29) is 0 Å². The van der Waals surface area contributed by atoms with E-state index < -0.39 is 0 Å². The molecule has 1 aliphatic heterocycles. The van der Waals surface area contributed by atoms with Gasteiger partial charge in [-0.3, -0.25) is 9.25 Å². The van der Waals surface area contributed by atoms with Gasteiger partial charge in [-0.15, -0.1) is 0 Å². The molecule has 1 saturated heterocycles. The van der Waals surface area contributed by atoms with E-state index in [9.17, 15) is 0 Å². The van der Waals surface area contributed by atoms with Crippen LogP contribution < -0.4 is 0 Å². The third-order valence-corrected chi connectivity index (χ3v) is 4.37. The van der Waals surface area contributed by atoms with Gasteiger partial charge < -0.3 is 9.88 Å². The van der Waals surface area contributed by atoms with Gasteiger partial charge in [0.15, 0.2) is 10.4 Å². The first-order valence-electron chi connectivity index (χ1n) is 6.96. The predicted molar refractivity (Wildman–Crippen MR) is 79.0 cm³/mol. The Balaban J connectivity index is 2.15. The number of nitrogens with one attached hydrogen (secondary N) is 1. The second-order valence-electron chi connectivity index (χ2n) is 5.48. The molecule has 0 aromatic carbocycles. The Hall–Kier alpha value is -1.14. The van der Waals surface area contributed by atoms with Crippen molar-refractivity contribution in [3.05, 3.63) is 10.5 Å². The van der Waals surface area contributed by atoms with Crippen LogP contribution in [0.2, 0.25) is 0 Å². The van der Waals surface area contributed by atoms with E-state index in [2.05, 4.69) is 33.5 Å². The summed E-state index contributed by atoms with van der Waals surface area (Å²) in [7, 11) is 4.19. The highest BCUT2D eigenvalue weighted by Crippen LogP contribution is 2.27. The summed E-state index contributed by atoms with van der Waals surface area (Å²) in [5.74, 6) is 0. The maximum Gasteiger partial charge on any atom is 0.179 e. The van der Waals surface area contributed by atoms with Gasteiger partial charge in [0.05, 0.1) is 11.7 Å². The van der Waals surface area contributed by atoms with Crippen LogP contribution in [0.25, 0.3) is 11.2 Å². The van der Waals surface area contributed by atoms with Crippen molar-refractivity contribution < 1.29 is 0 Å². The van der Waals surface area contributed by atoms with Crippen molar-refractivity contribution in [3.8, 4) is 0 Å². The Bertz CT molecular complexity index is 650. The fourth-order valence-electron chi connectivity index (χ4n) is 3.17. The van der Waals surface area contributed by atoms with Gasteiger partial charge in [0.2, 0.25) is 0 Å². The standard InChI is InChI=1S/C13H21N5S/c1-4-10-11-12(17(3)15-10)18(13(19)14-11)9-6-5-7-16(2)8-9/h9H,4-8H2,1-3H3,(H,14,19). The van der Waals surface area contributed by atoms with Gasteiger partial charge in [-0.05, 0) is 45.1 Å². The quantitative estimate of drug-likeness (QED) is 0.857. The molecule has 5 nitrogen and oxygen atoms in total. The number of aryl methyl sites for hydroxylation is 2. The Morgan fingerprint density at radius 3 is 2.89 bits per heavy atom.